The zero-order valence-electron chi connectivity index (χ0n) is 22.3. The first-order valence-electron chi connectivity index (χ1n) is 13.9. The number of alkyl carbamates (subject to hydrolysis) is 1. The maximum atomic E-state index is 14.9. The fraction of sp³-hybridized carbons (Fsp3) is 0.500. The van der Waals surface area contributed by atoms with E-state index in [-0.39, 0.29) is 23.6 Å². The lowest BCUT2D eigenvalue weighted by molar-refractivity contribution is -0.156. The van der Waals surface area contributed by atoms with Crippen LogP contribution in [0.4, 0.5) is 9.18 Å². The summed E-state index contributed by atoms with van der Waals surface area (Å²) in [4.78, 5) is 20.7. The highest BCUT2D eigenvalue weighted by Crippen LogP contribution is 2.45. The monoisotopic (exact) mass is 536 g/mol. The highest BCUT2D eigenvalue weighted by atomic mass is 19.1. The quantitative estimate of drug-likeness (QED) is 0.306. The van der Waals surface area contributed by atoms with Crippen molar-refractivity contribution >= 4 is 17.1 Å². The Morgan fingerprint density at radius 1 is 1.08 bits per heavy atom. The van der Waals surface area contributed by atoms with Crippen LogP contribution < -0.4 is 15.8 Å². The van der Waals surface area contributed by atoms with Crippen LogP contribution in [0, 0.1) is 5.82 Å². The molecule has 9 heteroatoms. The van der Waals surface area contributed by atoms with Crippen LogP contribution in [0.5, 0.6) is 5.88 Å². The minimum absolute atomic E-state index is 0.185. The number of ether oxygens (including phenoxy) is 3. The molecule has 0 radical (unpaired) electrons. The summed E-state index contributed by atoms with van der Waals surface area (Å²) in [6.07, 6.45) is 8.35. The van der Waals surface area contributed by atoms with E-state index >= 15 is 0 Å². The van der Waals surface area contributed by atoms with Crippen molar-refractivity contribution in [2.45, 2.75) is 75.5 Å². The van der Waals surface area contributed by atoms with Gasteiger partial charge in [-0.05, 0) is 69.4 Å². The first-order chi connectivity index (χ1) is 18.9. The van der Waals surface area contributed by atoms with E-state index in [4.69, 9.17) is 19.9 Å². The summed E-state index contributed by atoms with van der Waals surface area (Å²) in [5.41, 5.74) is 8.65. The number of carbonyl (C=O) groups is 1. The first kappa shape index (κ1) is 27.3. The number of nitrogens with one attached hydrogen (secondary N) is 1. The number of amides is 1. The molecule has 2 aromatic heterocycles. The third-order valence-electron chi connectivity index (χ3n) is 7.95. The van der Waals surface area contributed by atoms with Gasteiger partial charge in [0.05, 0.1) is 36.0 Å². The molecule has 1 amide bonds. The highest BCUT2D eigenvalue weighted by molar-refractivity contribution is 5.78. The lowest BCUT2D eigenvalue weighted by atomic mass is 9.70. The van der Waals surface area contributed by atoms with Crippen LogP contribution in [-0.2, 0) is 22.5 Å². The number of hydrogen-bond donors (Lipinski definition) is 2. The molecule has 3 N–H and O–H groups in total. The van der Waals surface area contributed by atoms with Gasteiger partial charge in [-0.2, -0.15) is 0 Å². The second-order valence-corrected chi connectivity index (χ2v) is 10.8. The van der Waals surface area contributed by atoms with Crippen LogP contribution in [0.3, 0.4) is 0 Å². The van der Waals surface area contributed by atoms with Crippen LogP contribution >= 0.6 is 0 Å². The number of fused-ring (bicyclic) bond motifs is 4. The second-order valence-electron chi connectivity index (χ2n) is 10.8. The van der Waals surface area contributed by atoms with Crippen LogP contribution in [0.25, 0.3) is 11.0 Å². The van der Waals surface area contributed by atoms with Crippen LogP contribution in [0.2, 0.25) is 0 Å². The Morgan fingerprint density at radius 3 is 2.67 bits per heavy atom. The number of aromatic nitrogens is 2. The summed E-state index contributed by atoms with van der Waals surface area (Å²) < 4.78 is 32.1. The maximum Gasteiger partial charge on any atom is 0.407 e. The van der Waals surface area contributed by atoms with Gasteiger partial charge in [-0.3, -0.25) is 4.98 Å². The fourth-order valence-corrected chi connectivity index (χ4v) is 5.40. The van der Waals surface area contributed by atoms with Crippen LogP contribution in [0.15, 0.2) is 48.7 Å². The smallest absolute Gasteiger partial charge is 0.407 e. The fourth-order valence-electron chi connectivity index (χ4n) is 5.40. The molecule has 208 valence electrons. The number of carbonyl (C=O) groups excluding carboxylic acids is 1. The van der Waals surface area contributed by atoms with Crippen LogP contribution in [0.1, 0.15) is 62.5 Å². The molecule has 1 aliphatic carbocycles. The molecule has 3 fully saturated rings. The van der Waals surface area contributed by atoms with Gasteiger partial charge < -0.3 is 25.3 Å². The molecule has 0 spiro atoms. The van der Waals surface area contributed by atoms with Gasteiger partial charge in [-0.15, -0.1) is 0 Å². The van der Waals surface area contributed by atoms with Gasteiger partial charge >= 0.3 is 6.09 Å². The standard InChI is InChI=1S/C30H37FN4O4/c31-24-19-34-25-9-10-26(35-27(25)23(24)11-12-30-15-13-29(32,14-16-30)21-39-30)37-18-6-2-5-17-33-28(36)38-20-22-7-3-1-4-8-22/h1,3-4,7-10,19H,2,5-6,11-18,20-21,32H2,(H,33,36). The van der Waals surface area contributed by atoms with Crippen molar-refractivity contribution in [3.8, 4) is 5.88 Å². The van der Waals surface area contributed by atoms with E-state index < -0.39 is 6.09 Å². The average Bonchev–Trinajstić information content (AvgIpc) is 2.96. The second kappa shape index (κ2) is 12.3. The van der Waals surface area contributed by atoms with Crippen molar-refractivity contribution in [2.75, 3.05) is 19.8 Å². The number of benzene rings is 1. The summed E-state index contributed by atoms with van der Waals surface area (Å²) >= 11 is 0. The summed E-state index contributed by atoms with van der Waals surface area (Å²) in [6.45, 7) is 1.85. The van der Waals surface area contributed by atoms with Crippen LogP contribution in [-0.4, -0.2) is 47.0 Å². The van der Waals surface area contributed by atoms with Crippen molar-refractivity contribution in [1.29, 1.82) is 0 Å². The molecule has 4 heterocycles. The number of rotatable bonds is 12. The Labute approximate surface area is 228 Å². The van der Waals surface area contributed by atoms with E-state index in [0.717, 1.165) is 56.9 Å². The van der Waals surface area contributed by atoms with Gasteiger partial charge in [0.25, 0.3) is 0 Å². The summed E-state index contributed by atoms with van der Waals surface area (Å²) in [5, 5.41) is 2.77. The normalized spacial score (nSPS) is 22.1. The zero-order chi connectivity index (χ0) is 27.1. The molecule has 6 rings (SSSR count). The summed E-state index contributed by atoms with van der Waals surface area (Å²) in [7, 11) is 0. The van der Waals surface area contributed by atoms with E-state index in [1.54, 1.807) is 6.07 Å². The maximum absolute atomic E-state index is 14.9. The molecule has 1 saturated carbocycles. The molecule has 0 atom stereocenters. The third kappa shape index (κ3) is 7.02. The minimum atomic E-state index is -0.419. The van der Waals surface area contributed by atoms with Gasteiger partial charge in [0.15, 0.2) is 0 Å². The molecular formula is C30H37FN4O4. The lowest BCUT2D eigenvalue weighted by Gasteiger charge is -2.51. The van der Waals surface area contributed by atoms with Gasteiger partial charge in [0, 0.05) is 23.7 Å². The largest absolute Gasteiger partial charge is 0.478 e. The highest BCUT2D eigenvalue weighted by Gasteiger charge is 2.47. The molecule has 2 bridgehead atoms. The Kier molecular flexibility index (Phi) is 8.57. The zero-order valence-corrected chi connectivity index (χ0v) is 22.3. The van der Waals surface area contributed by atoms with Gasteiger partial charge in [0.1, 0.15) is 12.4 Å². The molecule has 2 aliphatic heterocycles. The van der Waals surface area contributed by atoms with Gasteiger partial charge in [-0.1, -0.05) is 30.3 Å². The van der Waals surface area contributed by atoms with Crippen molar-refractivity contribution in [1.82, 2.24) is 15.3 Å². The van der Waals surface area contributed by atoms with Crippen molar-refractivity contribution in [2.24, 2.45) is 5.73 Å². The Balaban J connectivity index is 1.06. The predicted octanol–water partition coefficient (Wildman–Crippen LogP) is 5.22. The molecule has 2 saturated heterocycles. The number of nitrogens with two attached hydrogens (primary N) is 1. The van der Waals surface area contributed by atoms with Gasteiger partial charge in [-0.25, -0.2) is 14.2 Å². The predicted molar refractivity (Wildman–Crippen MR) is 146 cm³/mol. The van der Waals surface area contributed by atoms with E-state index in [1.807, 2.05) is 36.4 Å². The molecule has 1 aromatic carbocycles. The molecular weight excluding hydrogens is 499 g/mol. The Morgan fingerprint density at radius 2 is 1.90 bits per heavy atom. The Bertz CT molecular complexity index is 1250. The first-order valence-corrected chi connectivity index (χ1v) is 13.9. The summed E-state index contributed by atoms with van der Waals surface area (Å²) in [5.74, 6) is 0.106. The van der Waals surface area contributed by atoms with E-state index in [2.05, 4.69) is 15.3 Å². The topological polar surface area (TPSA) is 109 Å². The summed E-state index contributed by atoms with van der Waals surface area (Å²) in [6, 6.07) is 13.2. The average molecular weight is 537 g/mol. The Hall–Kier alpha value is -3.30. The number of aryl methyl sites for hydroxylation is 1. The van der Waals surface area contributed by atoms with Gasteiger partial charge in [0.2, 0.25) is 5.88 Å². The van der Waals surface area contributed by atoms with E-state index in [9.17, 15) is 9.18 Å². The number of hydrogen-bond acceptors (Lipinski definition) is 7. The molecule has 3 aromatic rings. The van der Waals surface area contributed by atoms with E-state index in [0.29, 0.717) is 48.7 Å². The minimum Gasteiger partial charge on any atom is -0.478 e. The molecule has 3 aliphatic rings. The molecule has 8 nitrogen and oxygen atoms in total. The number of halogens is 1. The molecule has 39 heavy (non-hydrogen) atoms. The van der Waals surface area contributed by atoms with Crippen molar-refractivity contribution < 1.29 is 23.4 Å². The number of nitrogens with zero attached hydrogens (tertiary/aromatic N) is 2. The van der Waals surface area contributed by atoms with E-state index in [1.165, 1.54) is 6.20 Å². The number of unbranched alkanes of at least 4 members (excludes halogenated alkanes) is 2. The number of pyridine rings is 2. The van der Waals surface area contributed by atoms with Crippen molar-refractivity contribution in [3.05, 3.63) is 65.6 Å². The molecule has 0 unspecified atom stereocenters. The lowest BCUT2D eigenvalue weighted by Crippen LogP contribution is -2.59. The van der Waals surface area contributed by atoms with Crippen molar-refractivity contribution in [3.63, 3.8) is 0 Å². The SMILES string of the molecule is NC12CCC(CCc3c(F)cnc4ccc(OCCCCCNC(=O)OCc5ccccc5)nc34)(CC1)OC2. The third-order valence-corrected chi connectivity index (χ3v) is 7.95.